The lowest BCUT2D eigenvalue weighted by Gasteiger charge is -2.23. The topological polar surface area (TPSA) is 0 Å². The Labute approximate surface area is 427 Å². The van der Waals surface area contributed by atoms with Crippen LogP contribution in [0.3, 0.4) is 0 Å². The number of hydrogen-bond donors (Lipinski definition) is 0. The fourth-order valence-electron chi connectivity index (χ4n) is 12.6. The van der Waals surface area contributed by atoms with Gasteiger partial charge in [0, 0.05) is 0 Å². The van der Waals surface area contributed by atoms with E-state index in [-0.39, 0.29) is 0 Å². The first-order chi connectivity index (χ1) is 36.3. The summed E-state index contributed by atoms with van der Waals surface area (Å²) < 4.78 is 0. The molecule has 0 fully saturated rings. The monoisotopic (exact) mass is 926 g/mol. The summed E-state index contributed by atoms with van der Waals surface area (Å²) in [7, 11) is 0. The molecule has 0 saturated heterocycles. The molecule has 342 valence electrons. The van der Waals surface area contributed by atoms with Crippen molar-refractivity contribution < 1.29 is 0 Å². The quantitative estimate of drug-likeness (QED) is 0.146. The second-order valence-corrected chi connectivity index (χ2v) is 19.3. The lowest BCUT2D eigenvalue weighted by molar-refractivity contribution is 1.41. The molecule has 0 nitrogen and oxygen atoms in total. The molecule has 0 radical (unpaired) electrons. The molecule has 12 aromatic carbocycles. The van der Waals surface area contributed by atoms with Gasteiger partial charge in [-0.3, -0.25) is 0 Å². The third kappa shape index (κ3) is 6.54. The van der Waals surface area contributed by atoms with E-state index in [0.717, 1.165) is 6.42 Å². The summed E-state index contributed by atoms with van der Waals surface area (Å²) in [6.07, 6.45) is 5.90. The molecule has 0 amide bonds. The zero-order chi connectivity index (χ0) is 48.6. The molecule has 73 heavy (non-hydrogen) atoms. The Morgan fingerprint density at radius 1 is 0.219 bits per heavy atom. The summed E-state index contributed by atoms with van der Waals surface area (Å²) in [5.41, 5.74) is 28.2. The molecule has 15 rings (SSSR count). The first-order valence-corrected chi connectivity index (χ1v) is 25.9. The molecule has 0 bridgehead atoms. The van der Waals surface area contributed by atoms with Crippen LogP contribution >= 0.6 is 0 Å². The van der Waals surface area contributed by atoms with Gasteiger partial charge in [0.05, 0.1) is 0 Å². The predicted molar refractivity (Wildman–Crippen MR) is 313 cm³/mol. The van der Waals surface area contributed by atoms with E-state index in [1.807, 2.05) is 13.8 Å². The second-order valence-electron chi connectivity index (χ2n) is 19.3. The van der Waals surface area contributed by atoms with Crippen LogP contribution in [0.5, 0.6) is 0 Å². The Morgan fingerprint density at radius 3 is 1.08 bits per heavy atom. The summed E-state index contributed by atoms with van der Waals surface area (Å²) in [4.78, 5) is 0. The molecule has 0 aromatic heterocycles. The molecule has 0 unspecified atom stereocenters. The maximum atomic E-state index is 2.55. The van der Waals surface area contributed by atoms with E-state index in [1.165, 1.54) is 155 Å². The minimum absolute atomic E-state index is 0.802. The largest absolute Gasteiger partial charge is 0.0721 e. The lowest BCUT2D eigenvalue weighted by Crippen LogP contribution is -1.97. The molecule has 0 N–H and O–H groups in total. The van der Waals surface area contributed by atoms with E-state index in [9.17, 15) is 0 Å². The third-order valence-corrected chi connectivity index (χ3v) is 15.5. The molecule has 12 aromatic rings. The van der Waals surface area contributed by atoms with Crippen LogP contribution in [-0.4, -0.2) is 0 Å². The van der Waals surface area contributed by atoms with Gasteiger partial charge in [-0.15, -0.1) is 0 Å². The third-order valence-electron chi connectivity index (χ3n) is 15.5. The van der Waals surface area contributed by atoms with Crippen molar-refractivity contribution in [3.63, 3.8) is 0 Å². The van der Waals surface area contributed by atoms with Crippen LogP contribution in [0.15, 0.2) is 255 Å². The molecule has 0 aliphatic heterocycles. The average Bonchev–Trinajstić information content (AvgIpc) is 3.88. The van der Waals surface area contributed by atoms with Gasteiger partial charge in [0.15, 0.2) is 0 Å². The maximum absolute atomic E-state index is 2.55. The summed E-state index contributed by atoms with van der Waals surface area (Å²) >= 11 is 0. The first kappa shape index (κ1) is 42.8. The second kappa shape index (κ2) is 17.3. The highest BCUT2D eigenvalue weighted by atomic mass is 14.4. The Hall–Kier alpha value is -9.10. The van der Waals surface area contributed by atoms with Gasteiger partial charge in [-0.1, -0.05) is 250 Å². The fourth-order valence-corrected chi connectivity index (χ4v) is 12.6. The average molecular weight is 927 g/mol. The highest BCUT2D eigenvalue weighted by molar-refractivity contribution is 6.28. The van der Waals surface area contributed by atoms with Gasteiger partial charge in [0.25, 0.3) is 0 Å². The summed E-state index contributed by atoms with van der Waals surface area (Å²) in [5, 5.41) is 7.56. The Balaban J connectivity index is 0.00000244. The van der Waals surface area contributed by atoms with Gasteiger partial charge < -0.3 is 0 Å². The van der Waals surface area contributed by atoms with Gasteiger partial charge in [-0.05, 0) is 179 Å². The van der Waals surface area contributed by atoms with Crippen molar-refractivity contribution in [1.82, 2.24) is 0 Å². The van der Waals surface area contributed by atoms with Gasteiger partial charge >= 0.3 is 0 Å². The smallest absolute Gasteiger partial charge is 0.000729 e. The molecule has 3 aliphatic rings. The van der Waals surface area contributed by atoms with Crippen molar-refractivity contribution in [1.29, 1.82) is 0 Å². The van der Waals surface area contributed by atoms with Crippen LogP contribution in [-0.2, 0) is 0 Å². The van der Waals surface area contributed by atoms with E-state index in [4.69, 9.17) is 0 Å². The predicted octanol–water partition coefficient (Wildman–Crippen LogP) is 20.4. The van der Waals surface area contributed by atoms with Crippen molar-refractivity contribution in [2.75, 3.05) is 0 Å². The van der Waals surface area contributed by atoms with Crippen LogP contribution in [0.25, 0.3) is 132 Å². The summed E-state index contributed by atoms with van der Waals surface area (Å²) in [6.45, 7) is 4.00. The number of allylic oxidation sites excluding steroid dienone is 2. The molecule has 0 spiro atoms. The molecule has 3 aliphatic carbocycles. The van der Waals surface area contributed by atoms with E-state index >= 15 is 0 Å². The zero-order valence-electron chi connectivity index (χ0n) is 41.0. The highest BCUT2D eigenvalue weighted by Crippen LogP contribution is 2.64. The van der Waals surface area contributed by atoms with Crippen molar-refractivity contribution >= 4 is 43.5 Å². The van der Waals surface area contributed by atoms with E-state index in [1.54, 1.807) is 0 Å². The Kier molecular flexibility index (Phi) is 10.2. The first-order valence-electron chi connectivity index (χ1n) is 25.9. The zero-order valence-corrected chi connectivity index (χ0v) is 41.0. The summed E-state index contributed by atoms with van der Waals surface area (Å²) in [5.74, 6) is 0. The SMILES string of the molecule is C1=C2c3c(ccc4c3C(=CC1)c1c-4c(-c3cc(-c4ccccc4)ccc3-c3ccccc3)c3cc4ccccc4cc3c1-c1ccccc1)-c1c2c(-c2ccccc2)c2ccccc2c1-c1ccccc1.CC. The van der Waals surface area contributed by atoms with Crippen molar-refractivity contribution in [2.45, 2.75) is 20.3 Å². The van der Waals surface area contributed by atoms with Gasteiger partial charge in [0.2, 0.25) is 0 Å². The minimum atomic E-state index is 0.802. The summed E-state index contributed by atoms with van der Waals surface area (Å²) in [6, 6.07) is 90.5. The van der Waals surface area contributed by atoms with Gasteiger partial charge in [-0.2, -0.15) is 0 Å². The van der Waals surface area contributed by atoms with E-state index < -0.39 is 0 Å². The lowest BCUT2D eigenvalue weighted by atomic mass is 9.79. The van der Waals surface area contributed by atoms with Crippen LogP contribution < -0.4 is 0 Å². The molecular weight excluding hydrogens is 877 g/mol. The van der Waals surface area contributed by atoms with Crippen molar-refractivity contribution in [3.8, 4) is 89.0 Å². The van der Waals surface area contributed by atoms with Crippen molar-refractivity contribution in [3.05, 3.63) is 277 Å². The number of fused-ring (bicyclic) bond motifs is 9. The van der Waals surface area contributed by atoms with Crippen molar-refractivity contribution in [2.24, 2.45) is 0 Å². The normalized spacial score (nSPS) is 12.6. The van der Waals surface area contributed by atoms with Gasteiger partial charge in [-0.25, -0.2) is 0 Å². The Bertz CT molecular complexity index is 4230. The molecule has 0 heteroatoms. The Morgan fingerprint density at radius 2 is 0.589 bits per heavy atom. The number of rotatable bonds is 6. The van der Waals surface area contributed by atoms with E-state index in [0.29, 0.717) is 0 Å². The van der Waals surface area contributed by atoms with Crippen LogP contribution in [0.2, 0.25) is 0 Å². The minimum Gasteiger partial charge on any atom is -0.0721 e. The standard InChI is InChI=1S/C71H44.C2H6/c1-6-21-44(22-7-1)51-37-38-52(45-23-8-2-9-24-45)59(43-51)67-61-42-50-32-17-16-31-49(50)41-60(61)64(48-29-14-5-15-30-48)69-56-36-20-35-55-65-57(39-40-58(66(56)65)71(67)69)70-63(47-27-12-4-13-28-47)54-34-19-18-33-53(54)62(68(55)70)46-25-10-3-11-26-46;1-2/h1-19,21-43H,20H2;1-2H3. The van der Waals surface area contributed by atoms with Crippen LogP contribution in [0, 0.1) is 0 Å². The van der Waals surface area contributed by atoms with Crippen LogP contribution in [0.4, 0.5) is 0 Å². The molecule has 0 saturated carbocycles. The molecule has 0 heterocycles. The highest BCUT2D eigenvalue weighted by Gasteiger charge is 2.41. The van der Waals surface area contributed by atoms with E-state index in [2.05, 4.69) is 255 Å². The number of hydrogen-bond acceptors (Lipinski definition) is 0. The van der Waals surface area contributed by atoms with Gasteiger partial charge in [0.1, 0.15) is 0 Å². The molecular formula is C73H50. The maximum Gasteiger partial charge on any atom is -0.000729 e. The fraction of sp³-hybridized carbons (Fsp3) is 0.0411. The number of benzene rings is 12. The van der Waals surface area contributed by atoms with Crippen LogP contribution in [0.1, 0.15) is 42.5 Å². The molecule has 0 atom stereocenters.